The van der Waals surface area contributed by atoms with Crippen LogP contribution in [0, 0.1) is 28.6 Å². The minimum absolute atomic E-state index is 0.0537. The molecule has 0 saturated heterocycles. The zero-order valence-electron chi connectivity index (χ0n) is 21.8. The van der Waals surface area contributed by atoms with Crippen LogP contribution in [-0.2, 0) is 0 Å². The Labute approximate surface area is 208 Å². The third kappa shape index (κ3) is 3.99. The molecular weight excluding hydrogens is 450 g/mol. The number of allylic oxidation sites excluding steroid dienone is 1. The third-order valence-corrected chi connectivity index (χ3v) is 10.7. The van der Waals surface area contributed by atoms with E-state index in [1.165, 1.54) is 0 Å². The zero-order chi connectivity index (χ0) is 26.2. The monoisotopic (exact) mass is 495 g/mol. The lowest BCUT2D eigenvalue weighted by atomic mass is 9.45. The van der Waals surface area contributed by atoms with Crippen molar-refractivity contribution in [2.45, 2.75) is 121 Å². The van der Waals surface area contributed by atoms with E-state index < -0.39 is 45.9 Å². The predicted molar refractivity (Wildman–Crippen MR) is 131 cm³/mol. The van der Waals surface area contributed by atoms with Crippen molar-refractivity contribution in [3.8, 4) is 0 Å². The molecule has 0 aromatic heterocycles. The number of hydrogen-bond donors (Lipinski definition) is 7. The van der Waals surface area contributed by atoms with E-state index in [1.807, 2.05) is 6.92 Å². The molecule has 35 heavy (non-hydrogen) atoms. The maximum Gasteiger partial charge on any atom is 0.0920 e. The summed E-state index contributed by atoms with van der Waals surface area (Å²) in [6.07, 6.45) is 2.53. The number of aliphatic hydroxyl groups is 6. The lowest BCUT2D eigenvalue weighted by Crippen LogP contribution is -2.62. The van der Waals surface area contributed by atoms with E-state index in [4.69, 9.17) is 0 Å². The standard InChI is InChI=1S/C27H45NO7/c1-23(2,32)9-8-22(31)26(5,33)21-7-11-27(34)16-12-18(28-35)17-13-19(29)20(30)14-24(17,3)15(16)6-10-25(21,27)4/h12,15,17,19-22,29-35H,6-11,13-14H2,1-5H3/b28-18+/t15-,17-,19+,20-,21+,22+,24+,25+,26+,27+/m0/s1. The largest absolute Gasteiger partial charge is 0.411 e. The van der Waals surface area contributed by atoms with Gasteiger partial charge in [0.2, 0.25) is 0 Å². The van der Waals surface area contributed by atoms with Crippen LogP contribution < -0.4 is 0 Å². The van der Waals surface area contributed by atoms with Crippen LogP contribution in [0.3, 0.4) is 0 Å². The Bertz CT molecular complexity index is 894. The van der Waals surface area contributed by atoms with Crippen LogP contribution >= 0.6 is 0 Å². The number of hydrogen-bond acceptors (Lipinski definition) is 8. The van der Waals surface area contributed by atoms with Gasteiger partial charge < -0.3 is 35.8 Å². The second-order valence-electron chi connectivity index (χ2n) is 13.3. The highest BCUT2D eigenvalue weighted by atomic mass is 16.4. The minimum Gasteiger partial charge on any atom is -0.411 e. The van der Waals surface area contributed by atoms with Crippen LogP contribution in [0.4, 0.5) is 0 Å². The molecule has 0 aromatic rings. The van der Waals surface area contributed by atoms with E-state index in [0.29, 0.717) is 44.2 Å². The molecule has 10 atom stereocenters. The summed E-state index contributed by atoms with van der Waals surface area (Å²) in [6, 6.07) is 0. The van der Waals surface area contributed by atoms with Gasteiger partial charge in [-0.3, -0.25) is 0 Å². The van der Waals surface area contributed by atoms with E-state index in [0.717, 1.165) is 12.0 Å². The maximum absolute atomic E-state index is 12.3. The quantitative estimate of drug-likeness (QED) is 0.228. The fraction of sp³-hybridized carbons (Fsp3) is 0.889. The molecule has 3 fully saturated rings. The van der Waals surface area contributed by atoms with Gasteiger partial charge in [0, 0.05) is 11.3 Å². The Hall–Kier alpha value is -1.03. The highest BCUT2D eigenvalue weighted by molar-refractivity contribution is 5.99. The summed E-state index contributed by atoms with van der Waals surface area (Å²) < 4.78 is 0. The van der Waals surface area contributed by atoms with Crippen molar-refractivity contribution < 1.29 is 35.8 Å². The number of fused-ring (bicyclic) bond motifs is 5. The van der Waals surface area contributed by atoms with Crippen molar-refractivity contribution in [1.82, 2.24) is 0 Å². The molecule has 0 bridgehead atoms. The molecule has 4 rings (SSSR count). The van der Waals surface area contributed by atoms with Crippen LogP contribution in [0.2, 0.25) is 0 Å². The van der Waals surface area contributed by atoms with Crippen LogP contribution in [-0.4, -0.2) is 76.7 Å². The molecule has 0 unspecified atom stereocenters. The second kappa shape index (κ2) is 8.50. The van der Waals surface area contributed by atoms with E-state index in [2.05, 4.69) is 12.1 Å². The molecule has 7 N–H and O–H groups in total. The molecule has 0 heterocycles. The molecule has 0 radical (unpaired) electrons. The summed E-state index contributed by atoms with van der Waals surface area (Å²) in [4.78, 5) is 0. The zero-order valence-corrected chi connectivity index (χ0v) is 21.8. The number of oxime groups is 1. The molecule has 8 nitrogen and oxygen atoms in total. The summed E-state index contributed by atoms with van der Waals surface area (Å²) >= 11 is 0. The normalized spacial score (nSPS) is 47.3. The van der Waals surface area contributed by atoms with Crippen LogP contribution in [0.25, 0.3) is 0 Å². The Balaban J connectivity index is 1.70. The molecule has 8 heteroatoms. The van der Waals surface area contributed by atoms with Gasteiger partial charge in [0.25, 0.3) is 0 Å². The Kier molecular flexibility index (Phi) is 6.56. The van der Waals surface area contributed by atoms with E-state index >= 15 is 0 Å². The smallest absolute Gasteiger partial charge is 0.0920 e. The van der Waals surface area contributed by atoms with Gasteiger partial charge in [-0.15, -0.1) is 0 Å². The van der Waals surface area contributed by atoms with Gasteiger partial charge in [0.05, 0.1) is 40.8 Å². The van der Waals surface area contributed by atoms with Crippen molar-refractivity contribution in [3.05, 3.63) is 11.6 Å². The molecular formula is C27H45NO7. The van der Waals surface area contributed by atoms with Gasteiger partial charge in [-0.1, -0.05) is 19.0 Å². The van der Waals surface area contributed by atoms with Crippen LogP contribution in [0.15, 0.2) is 16.8 Å². The summed E-state index contributed by atoms with van der Waals surface area (Å²) in [7, 11) is 0. The van der Waals surface area contributed by atoms with Crippen molar-refractivity contribution >= 4 is 5.71 Å². The van der Waals surface area contributed by atoms with E-state index in [-0.39, 0.29) is 24.2 Å². The van der Waals surface area contributed by atoms with Crippen molar-refractivity contribution in [1.29, 1.82) is 0 Å². The SMILES string of the molecule is CC(C)(O)CC[C@@H](O)[C@](C)(O)[C@@H]1CC[C@@]2(O)C3=C/C(=N\O)[C@@H]4C[C@@H](O)[C@@H](O)C[C@]4(C)[C@H]3CC[C@]12C. The second-order valence-corrected chi connectivity index (χ2v) is 13.3. The Morgan fingerprint density at radius 3 is 2.31 bits per heavy atom. The highest BCUT2D eigenvalue weighted by Crippen LogP contribution is 2.68. The highest BCUT2D eigenvalue weighted by Gasteiger charge is 2.68. The number of rotatable bonds is 5. The molecule has 4 aliphatic rings. The van der Waals surface area contributed by atoms with Crippen molar-refractivity contribution in [2.24, 2.45) is 33.7 Å². The minimum atomic E-state index is -1.46. The molecule has 3 saturated carbocycles. The Morgan fingerprint density at radius 2 is 1.71 bits per heavy atom. The molecule has 200 valence electrons. The van der Waals surface area contributed by atoms with Crippen LogP contribution in [0.5, 0.6) is 0 Å². The van der Waals surface area contributed by atoms with Gasteiger partial charge in [-0.2, -0.15) is 0 Å². The van der Waals surface area contributed by atoms with Gasteiger partial charge in [0.15, 0.2) is 0 Å². The first-order valence-electron chi connectivity index (χ1n) is 13.2. The van der Waals surface area contributed by atoms with Gasteiger partial charge in [0.1, 0.15) is 0 Å². The first-order valence-corrected chi connectivity index (χ1v) is 13.2. The summed E-state index contributed by atoms with van der Waals surface area (Å²) in [5, 5.41) is 79.3. The molecule has 4 aliphatic carbocycles. The fourth-order valence-electron chi connectivity index (χ4n) is 8.44. The van der Waals surface area contributed by atoms with Crippen molar-refractivity contribution in [2.75, 3.05) is 0 Å². The number of aliphatic hydroxyl groups excluding tert-OH is 3. The van der Waals surface area contributed by atoms with Gasteiger partial charge >= 0.3 is 0 Å². The molecule has 0 spiro atoms. The number of nitrogens with zero attached hydrogens (tertiary/aromatic N) is 1. The topological polar surface area (TPSA) is 154 Å². The van der Waals surface area contributed by atoms with E-state index in [9.17, 15) is 35.8 Å². The fourth-order valence-corrected chi connectivity index (χ4v) is 8.44. The Morgan fingerprint density at radius 1 is 1.06 bits per heavy atom. The van der Waals surface area contributed by atoms with Crippen molar-refractivity contribution in [3.63, 3.8) is 0 Å². The average molecular weight is 496 g/mol. The lowest BCUT2D eigenvalue weighted by molar-refractivity contribution is -0.172. The molecule has 0 aliphatic heterocycles. The predicted octanol–water partition coefficient (Wildman–Crippen LogP) is 2.12. The van der Waals surface area contributed by atoms with Gasteiger partial charge in [-0.05, 0) is 101 Å². The first-order chi connectivity index (χ1) is 16.0. The first kappa shape index (κ1) is 27.0. The molecule has 0 aromatic carbocycles. The molecule has 0 amide bonds. The van der Waals surface area contributed by atoms with Crippen LogP contribution in [0.1, 0.15) is 86.0 Å². The maximum atomic E-state index is 12.3. The summed E-state index contributed by atoms with van der Waals surface area (Å²) in [5.74, 6) is -0.656. The lowest BCUT2D eigenvalue weighted by Gasteiger charge is -2.61. The third-order valence-electron chi connectivity index (χ3n) is 10.7. The van der Waals surface area contributed by atoms with Gasteiger partial charge in [-0.25, -0.2) is 0 Å². The summed E-state index contributed by atoms with van der Waals surface area (Å²) in [5.41, 5.74) is -3.66. The van der Waals surface area contributed by atoms with E-state index in [1.54, 1.807) is 26.8 Å². The summed E-state index contributed by atoms with van der Waals surface area (Å²) in [6.45, 7) is 9.04. The average Bonchev–Trinajstić information content (AvgIpc) is 3.04.